The van der Waals surface area contributed by atoms with Gasteiger partial charge in [-0.2, -0.15) is 5.10 Å². The standard InChI is InChI=1S/C23H30N6O/c1-16(2)21-13-19(20-14-25-29(17(3)4)22(20)26-21)23(30)28-11-9-27(10-12-28)15-18-7-5-6-8-24-18/h5-8,13-14,16-17H,9-12,15H2,1-4H3. The molecule has 0 atom stereocenters. The first kappa shape index (κ1) is 20.5. The molecule has 1 aliphatic heterocycles. The van der Waals surface area contributed by atoms with E-state index in [1.54, 1.807) is 6.20 Å². The Kier molecular flexibility index (Phi) is 5.81. The third-order valence-electron chi connectivity index (χ3n) is 5.67. The van der Waals surface area contributed by atoms with E-state index in [-0.39, 0.29) is 17.9 Å². The highest BCUT2D eigenvalue weighted by atomic mass is 16.2. The number of rotatable bonds is 5. The van der Waals surface area contributed by atoms with E-state index in [4.69, 9.17) is 4.98 Å². The maximum atomic E-state index is 13.5. The van der Waals surface area contributed by atoms with Gasteiger partial charge in [0, 0.05) is 50.7 Å². The second-order valence-electron chi connectivity index (χ2n) is 8.56. The van der Waals surface area contributed by atoms with Crippen molar-refractivity contribution in [3.8, 4) is 0 Å². The number of fused-ring (bicyclic) bond motifs is 1. The lowest BCUT2D eigenvalue weighted by Crippen LogP contribution is -2.48. The van der Waals surface area contributed by atoms with Crippen molar-refractivity contribution in [2.75, 3.05) is 26.2 Å². The van der Waals surface area contributed by atoms with E-state index >= 15 is 0 Å². The smallest absolute Gasteiger partial charge is 0.254 e. The van der Waals surface area contributed by atoms with Crippen molar-refractivity contribution in [2.24, 2.45) is 0 Å². The van der Waals surface area contributed by atoms with Crippen molar-refractivity contribution in [1.29, 1.82) is 0 Å². The fourth-order valence-corrected chi connectivity index (χ4v) is 3.89. The average Bonchev–Trinajstić information content (AvgIpc) is 3.18. The average molecular weight is 407 g/mol. The third kappa shape index (κ3) is 4.07. The van der Waals surface area contributed by atoms with Crippen molar-refractivity contribution in [2.45, 2.75) is 46.2 Å². The summed E-state index contributed by atoms with van der Waals surface area (Å²) in [5, 5.41) is 5.35. The molecule has 0 aromatic carbocycles. The number of hydrogen-bond acceptors (Lipinski definition) is 5. The second-order valence-corrected chi connectivity index (χ2v) is 8.56. The van der Waals surface area contributed by atoms with Gasteiger partial charge in [-0.05, 0) is 38.0 Å². The van der Waals surface area contributed by atoms with Gasteiger partial charge in [-0.25, -0.2) is 9.67 Å². The number of nitrogens with zero attached hydrogens (tertiary/aromatic N) is 6. The van der Waals surface area contributed by atoms with Crippen LogP contribution in [0.3, 0.4) is 0 Å². The number of carbonyl (C=O) groups is 1. The SMILES string of the molecule is CC(C)c1cc(C(=O)N2CCN(Cc3ccccn3)CC2)c2cnn(C(C)C)c2n1. The molecule has 0 spiro atoms. The fourth-order valence-electron chi connectivity index (χ4n) is 3.89. The first-order chi connectivity index (χ1) is 14.4. The summed E-state index contributed by atoms with van der Waals surface area (Å²) in [5.74, 6) is 0.316. The lowest BCUT2D eigenvalue weighted by Gasteiger charge is -2.34. The van der Waals surface area contributed by atoms with E-state index in [0.29, 0.717) is 18.7 Å². The van der Waals surface area contributed by atoms with Crippen LogP contribution in [0.4, 0.5) is 0 Å². The lowest BCUT2D eigenvalue weighted by molar-refractivity contribution is 0.0629. The Bertz CT molecular complexity index is 1020. The number of pyridine rings is 2. The van der Waals surface area contributed by atoms with E-state index in [0.717, 1.165) is 42.1 Å². The van der Waals surface area contributed by atoms with Crippen molar-refractivity contribution in [1.82, 2.24) is 29.5 Å². The summed E-state index contributed by atoms with van der Waals surface area (Å²) in [6.45, 7) is 12.3. The third-order valence-corrected chi connectivity index (χ3v) is 5.67. The highest BCUT2D eigenvalue weighted by molar-refractivity contribution is 6.05. The molecule has 30 heavy (non-hydrogen) atoms. The Hall–Kier alpha value is -2.80. The molecule has 0 saturated carbocycles. The van der Waals surface area contributed by atoms with Crippen molar-refractivity contribution >= 4 is 16.9 Å². The number of hydrogen-bond donors (Lipinski definition) is 0. The highest BCUT2D eigenvalue weighted by Gasteiger charge is 2.26. The van der Waals surface area contributed by atoms with Gasteiger partial charge in [0.15, 0.2) is 5.65 Å². The van der Waals surface area contributed by atoms with E-state index in [1.807, 2.05) is 40.0 Å². The summed E-state index contributed by atoms with van der Waals surface area (Å²) in [5.41, 5.74) is 3.51. The molecule has 7 nitrogen and oxygen atoms in total. The molecule has 4 heterocycles. The predicted molar refractivity (Wildman–Crippen MR) is 117 cm³/mol. The normalized spacial score (nSPS) is 15.5. The van der Waals surface area contributed by atoms with Crippen LogP contribution in [0.5, 0.6) is 0 Å². The Morgan fingerprint density at radius 1 is 1.10 bits per heavy atom. The van der Waals surface area contributed by atoms with Gasteiger partial charge in [-0.1, -0.05) is 19.9 Å². The van der Waals surface area contributed by atoms with Crippen LogP contribution < -0.4 is 0 Å². The summed E-state index contributed by atoms with van der Waals surface area (Å²) in [7, 11) is 0. The quantitative estimate of drug-likeness (QED) is 0.649. The molecule has 0 N–H and O–H groups in total. The molecular formula is C23H30N6O. The maximum absolute atomic E-state index is 13.5. The summed E-state index contributed by atoms with van der Waals surface area (Å²) >= 11 is 0. The van der Waals surface area contributed by atoms with Gasteiger partial charge < -0.3 is 4.90 Å². The van der Waals surface area contributed by atoms with Crippen molar-refractivity contribution < 1.29 is 4.79 Å². The molecule has 1 saturated heterocycles. The van der Waals surface area contributed by atoms with E-state index in [2.05, 4.69) is 42.7 Å². The number of piperazine rings is 1. The second kappa shape index (κ2) is 8.52. The molecule has 158 valence electrons. The van der Waals surface area contributed by atoms with Gasteiger partial charge in [0.1, 0.15) is 0 Å². The van der Waals surface area contributed by atoms with Crippen LogP contribution in [0.25, 0.3) is 11.0 Å². The molecule has 0 bridgehead atoms. The minimum absolute atomic E-state index is 0.0742. The lowest BCUT2D eigenvalue weighted by atomic mass is 10.0. The number of aromatic nitrogens is 4. The molecule has 0 radical (unpaired) electrons. The van der Waals surface area contributed by atoms with Crippen molar-refractivity contribution in [3.05, 3.63) is 53.6 Å². The topological polar surface area (TPSA) is 67.2 Å². The van der Waals surface area contributed by atoms with Gasteiger partial charge in [0.05, 0.1) is 22.8 Å². The van der Waals surface area contributed by atoms with Crippen LogP contribution in [0, 0.1) is 0 Å². The Labute approximate surface area is 177 Å². The molecule has 0 aliphatic carbocycles. The van der Waals surface area contributed by atoms with Gasteiger partial charge in [-0.3, -0.25) is 14.7 Å². The molecule has 1 amide bonds. The van der Waals surface area contributed by atoms with E-state index in [9.17, 15) is 4.79 Å². The van der Waals surface area contributed by atoms with E-state index in [1.165, 1.54) is 0 Å². The highest BCUT2D eigenvalue weighted by Crippen LogP contribution is 2.25. The minimum Gasteiger partial charge on any atom is -0.336 e. The zero-order chi connectivity index (χ0) is 21.3. The summed E-state index contributed by atoms with van der Waals surface area (Å²) in [4.78, 5) is 27.0. The Morgan fingerprint density at radius 3 is 2.50 bits per heavy atom. The van der Waals surface area contributed by atoms with Crippen LogP contribution in [-0.4, -0.2) is 61.6 Å². The van der Waals surface area contributed by atoms with E-state index < -0.39 is 0 Å². The molecule has 0 unspecified atom stereocenters. The summed E-state index contributed by atoms with van der Waals surface area (Å²) < 4.78 is 1.91. The zero-order valence-corrected chi connectivity index (χ0v) is 18.2. The Balaban J connectivity index is 1.55. The fraction of sp³-hybridized carbons (Fsp3) is 0.478. The van der Waals surface area contributed by atoms with Gasteiger partial charge in [0.2, 0.25) is 0 Å². The predicted octanol–water partition coefficient (Wildman–Crippen LogP) is 3.49. The van der Waals surface area contributed by atoms with Crippen LogP contribution in [0.1, 0.15) is 61.4 Å². The summed E-state index contributed by atoms with van der Waals surface area (Å²) in [6, 6.07) is 8.14. The largest absolute Gasteiger partial charge is 0.336 e. The van der Waals surface area contributed by atoms with Gasteiger partial charge in [-0.15, -0.1) is 0 Å². The maximum Gasteiger partial charge on any atom is 0.254 e. The van der Waals surface area contributed by atoms with Crippen LogP contribution in [-0.2, 0) is 6.54 Å². The van der Waals surface area contributed by atoms with Crippen LogP contribution >= 0.6 is 0 Å². The molecule has 7 heteroatoms. The minimum atomic E-state index is 0.0742. The molecule has 3 aromatic rings. The van der Waals surface area contributed by atoms with Crippen molar-refractivity contribution in [3.63, 3.8) is 0 Å². The zero-order valence-electron chi connectivity index (χ0n) is 18.2. The summed E-state index contributed by atoms with van der Waals surface area (Å²) in [6.07, 6.45) is 3.62. The number of carbonyl (C=O) groups excluding carboxylic acids is 1. The first-order valence-electron chi connectivity index (χ1n) is 10.7. The molecule has 3 aromatic heterocycles. The molecular weight excluding hydrogens is 376 g/mol. The molecule has 4 rings (SSSR count). The molecule has 1 fully saturated rings. The molecule has 1 aliphatic rings. The Morgan fingerprint density at radius 2 is 1.87 bits per heavy atom. The van der Waals surface area contributed by atoms with Crippen LogP contribution in [0.15, 0.2) is 36.7 Å². The first-order valence-corrected chi connectivity index (χ1v) is 10.7. The number of amides is 1. The monoisotopic (exact) mass is 406 g/mol. The van der Waals surface area contributed by atoms with Gasteiger partial charge >= 0.3 is 0 Å². The van der Waals surface area contributed by atoms with Crippen LogP contribution in [0.2, 0.25) is 0 Å². The van der Waals surface area contributed by atoms with Gasteiger partial charge in [0.25, 0.3) is 5.91 Å².